The fourth-order valence-corrected chi connectivity index (χ4v) is 3.52. The van der Waals surface area contributed by atoms with Gasteiger partial charge in [0.25, 0.3) is 5.56 Å². The Bertz CT molecular complexity index is 1280. The number of aromatic hydroxyl groups is 1. The lowest BCUT2D eigenvalue weighted by Gasteiger charge is -2.10. The fraction of sp³-hybridized carbons (Fsp3) is 0.364. The average molecular weight is 410 g/mol. The summed E-state index contributed by atoms with van der Waals surface area (Å²) in [7, 11) is 2.77. The first kappa shape index (κ1) is 21.3. The van der Waals surface area contributed by atoms with Crippen molar-refractivity contribution in [2.45, 2.75) is 33.1 Å². The van der Waals surface area contributed by atoms with Crippen LogP contribution in [0.3, 0.4) is 0 Å². The van der Waals surface area contributed by atoms with E-state index in [1.807, 2.05) is 32.0 Å². The van der Waals surface area contributed by atoms with Gasteiger partial charge >= 0.3 is 5.69 Å². The maximum atomic E-state index is 12.6. The topological polar surface area (TPSA) is 106 Å². The van der Waals surface area contributed by atoms with Gasteiger partial charge in [0.2, 0.25) is 11.8 Å². The van der Waals surface area contributed by atoms with E-state index in [4.69, 9.17) is 4.99 Å². The molecule has 2 aromatic rings. The number of carbonyl (C=O) groups is 1. The predicted octanol–water partition coefficient (Wildman–Crippen LogP) is 0.229. The molecule has 1 aromatic heterocycles. The van der Waals surface area contributed by atoms with Crippen LogP contribution >= 0.6 is 0 Å². The SMILES string of the molecule is CCCC(=O)NCCC1=c2cccc(C)c2=N/C1=C\c1c(O)n(C)c(=O)n(C)c1=O. The van der Waals surface area contributed by atoms with E-state index in [1.54, 1.807) is 0 Å². The van der Waals surface area contributed by atoms with Gasteiger partial charge < -0.3 is 10.4 Å². The predicted molar refractivity (Wildman–Crippen MR) is 114 cm³/mol. The maximum absolute atomic E-state index is 12.6. The third kappa shape index (κ3) is 3.85. The van der Waals surface area contributed by atoms with Crippen molar-refractivity contribution in [3.63, 3.8) is 0 Å². The van der Waals surface area contributed by atoms with Gasteiger partial charge in [-0.05, 0) is 37.0 Å². The molecule has 0 saturated carbocycles. The second-order valence-electron chi connectivity index (χ2n) is 7.38. The van der Waals surface area contributed by atoms with Crippen LogP contribution in [0, 0.1) is 6.92 Å². The number of hydrogen-bond acceptors (Lipinski definition) is 5. The maximum Gasteiger partial charge on any atom is 0.333 e. The standard InChI is InChI=1S/C22H26N4O4/c1-5-7-18(27)23-11-10-14-15-9-6-8-13(2)19(15)24-17(14)12-16-20(28)25(3)22(30)26(4)21(16)29/h6,8-9,12,28H,5,7,10-11H2,1-4H3,(H,23,27)/b17-12-. The summed E-state index contributed by atoms with van der Waals surface area (Å²) in [6.07, 6.45) is 3.29. The molecule has 2 N–H and O–H groups in total. The number of benzene rings is 1. The first-order valence-corrected chi connectivity index (χ1v) is 9.91. The van der Waals surface area contributed by atoms with Crippen LogP contribution in [0.4, 0.5) is 0 Å². The molecule has 1 aliphatic heterocycles. The minimum Gasteiger partial charge on any atom is -0.494 e. The highest BCUT2D eigenvalue weighted by atomic mass is 16.3. The van der Waals surface area contributed by atoms with Crippen molar-refractivity contribution in [3.8, 4) is 5.88 Å². The summed E-state index contributed by atoms with van der Waals surface area (Å²) < 4.78 is 1.97. The molecular formula is C22H26N4O4. The summed E-state index contributed by atoms with van der Waals surface area (Å²) in [4.78, 5) is 41.1. The summed E-state index contributed by atoms with van der Waals surface area (Å²) >= 11 is 0. The number of aryl methyl sites for hydroxylation is 1. The highest BCUT2D eigenvalue weighted by Gasteiger charge is 2.18. The van der Waals surface area contributed by atoms with Crippen molar-refractivity contribution in [1.82, 2.24) is 14.5 Å². The van der Waals surface area contributed by atoms with Crippen molar-refractivity contribution in [1.29, 1.82) is 0 Å². The first-order chi connectivity index (χ1) is 14.3. The van der Waals surface area contributed by atoms with Crippen molar-refractivity contribution < 1.29 is 9.90 Å². The van der Waals surface area contributed by atoms with Gasteiger partial charge in [0.05, 0.1) is 11.1 Å². The smallest absolute Gasteiger partial charge is 0.333 e. The fourth-order valence-electron chi connectivity index (χ4n) is 3.52. The molecule has 2 heterocycles. The molecule has 30 heavy (non-hydrogen) atoms. The molecule has 3 rings (SSSR count). The molecule has 1 amide bonds. The molecule has 8 heteroatoms. The molecule has 0 radical (unpaired) electrons. The summed E-state index contributed by atoms with van der Waals surface area (Å²) in [5.74, 6) is -0.415. The summed E-state index contributed by atoms with van der Waals surface area (Å²) in [5, 5.41) is 15.0. The quantitative estimate of drug-likeness (QED) is 0.711. The van der Waals surface area contributed by atoms with E-state index in [0.717, 1.165) is 37.3 Å². The first-order valence-electron chi connectivity index (χ1n) is 9.91. The number of carbonyl (C=O) groups excluding carboxylic acids is 1. The van der Waals surface area contributed by atoms with Gasteiger partial charge in [-0.3, -0.25) is 18.7 Å². The Morgan fingerprint density at radius 2 is 1.97 bits per heavy atom. The minimum atomic E-state index is -0.606. The summed E-state index contributed by atoms with van der Waals surface area (Å²) in [6.45, 7) is 4.34. The average Bonchev–Trinajstić information content (AvgIpc) is 3.07. The van der Waals surface area contributed by atoms with Crippen LogP contribution < -0.4 is 27.1 Å². The number of allylic oxidation sites excluding steroid dienone is 1. The van der Waals surface area contributed by atoms with E-state index >= 15 is 0 Å². The van der Waals surface area contributed by atoms with E-state index in [2.05, 4.69) is 5.32 Å². The van der Waals surface area contributed by atoms with Crippen LogP contribution in [0.2, 0.25) is 0 Å². The molecule has 1 aromatic carbocycles. The van der Waals surface area contributed by atoms with Crippen LogP contribution in [0.15, 0.2) is 38.5 Å². The number of amides is 1. The molecular weight excluding hydrogens is 384 g/mol. The molecule has 0 spiro atoms. The summed E-state index contributed by atoms with van der Waals surface area (Å²) in [5.41, 5.74) is 1.19. The van der Waals surface area contributed by atoms with Crippen molar-refractivity contribution in [3.05, 3.63) is 66.4 Å². The van der Waals surface area contributed by atoms with Crippen LogP contribution in [0.5, 0.6) is 5.88 Å². The highest BCUT2D eigenvalue weighted by Crippen LogP contribution is 2.23. The van der Waals surface area contributed by atoms with Crippen molar-refractivity contribution in [2.24, 2.45) is 19.1 Å². The Balaban J connectivity index is 2.11. The van der Waals surface area contributed by atoms with E-state index in [0.29, 0.717) is 25.1 Å². The zero-order chi connectivity index (χ0) is 22.0. The van der Waals surface area contributed by atoms with Crippen LogP contribution in [-0.2, 0) is 18.9 Å². The molecule has 0 saturated heterocycles. The molecule has 1 aliphatic rings. The lowest BCUT2D eigenvalue weighted by Crippen LogP contribution is -2.38. The Kier molecular flexibility index (Phi) is 6.05. The monoisotopic (exact) mass is 410 g/mol. The van der Waals surface area contributed by atoms with Crippen molar-refractivity contribution in [2.75, 3.05) is 6.54 Å². The number of rotatable bonds is 6. The van der Waals surface area contributed by atoms with E-state index in [-0.39, 0.29) is 11.5 Å². The van der Waals surface area contributed by atoms with Gasteiger partial charge in [0.1, 0.15) is 5.56 Å². The Hall–Kier alpha value is -3.42. The molecule has 0 unspecified atom stereocenters. The molecule has 0 fully saturated rings. The lowest BCUT2D eigenvalue weighted by molar-refractivity contribution is -0.121. The number of aromatic nitrogens is 2. The molecule has 0 bridgehead atoms. The van der Waals surface area contributed by atoms with Gasteiger partial charge in [0, 0.05) is 32.3 Å². The second-order valence-corrected chi connectivity index (χ2v) is 7.38. The lowest BCUT2D eigenvalue weighted by atomic mass is 10.0. The Morgan fingerprint density at radius 1 is 1.23 bits per heavy atom. The Labute approximate surface area is 173 Å². The van der Waals surface area contributed by atoms with Gasteiger partial charge in [-0.2, -0.15) is 0 Å². The normalized spacial score (nSPS) is 14.0. The Morgan fingerprint density at radius 3 is 2.67 bits per heavy atom. The van der Waals surface area contributed by atoms with E-state index in [1.165, 1.54) is 20.2 Å². The van der Waals surface area contributed by atoms with Crippen molar-refractivity contribution >= 4 is 17.6 Å². The molecule has 0 aliphatic carbocycles. The molecule has 8 nitrogen and oxygen atoms in total. The number of para-hydroxylation sites is 1. The van der Waals surface area contributed by atoms with Gasteiger partial charge in [-0.15, -0.1) is 0 Å². The number of nitrogens with zero attached hydrogens (tertiary/aromatic N) is 3. The summed E-state index contributed by atoms with van der Waals surface area (Å²) in [6, 6.07) is 5.84. The van der Waals surface area contributed by atoms with Crippen LogP contribution in [0.25, 0.3) is 11.6 Å². The third-order valence-corrected chi connectivity index (χ3v) is 5.23. The van der Waals surface area contributed by atoms with E-state index in [9.17, 15) is 19.5 Å². The number of hydrogen-bond donors (Lipinski definition) is 2. The minimum absolute atomic E-state index is 0.00340. The molecule has 158 valence electrons. The van der Waals surface area contributed by atoms with Gasteiger partial charge in [-0.25, -0.2) is 9.79 Å². The van der Waals surface area contributed by atoms with Gasteiger partial charge in [0.15, 0.2) is 0 Å². The van der Waals surface area contributed by atoms with E-state index < -0.39 is 17.1 Å². The number of nitrogens with one attached hydrogen (secondary N) is 1. The van der Waals surface area contributed by atoms with Crippen LogP contribution in [0.1, 0.15) is 37.3 Å². The zero-order valence-electron chi connectivity index (χ0n) is 17.7. The largest absolute Gasteiger partial charge is 0.494 e. The molecule has 0 atom stereocenters. The number of fused-ring (bicyclic) bond motifs is 1. The third-order valence-electron chi connectivity index (χ3n) is 5.23. The van der Waals surface area contributed by atoms with Crippen LogP contribution in [-0.4, -0.2) is 26.7 Å². The van der Waals surface area contributed by atoms with Gasteiger partial charge in [-0.1, -0.05) is 25.1 Å². The highest BCUT2D eigenvalue weighted by molar-refractivity contribution is 5.78. The second kappa shape index (κ2) is 8.52. The zero-order valence-corrected chi connectivity index (χ0v) is 17.7.